The summed E-state index contributed by atoms with van der Waals surface area (Å²) >= 11 is 5.93. The van der Waals surface area contributed by atoms with E-state index in [2.05, 4.69) is 15.8 Å². The lowest BCUT2D eigenvalue weighted by molar-refractivity contribution is 0.0846. The van der Waals surface area contributed by atoms with Crippen LogP contribution in [-0.2, 0) is 7.05 Å². The molecular weight excluding hydrogens is 348 g/mol. The zero-order chi connectivity index (χ0) is 18.1. The Labute approximate surface area is 146 Å². The van der Waals surface area contributed by atoms with E-state index in [-0.39, 0.29) is 33.0 Å². The molecule has 0 aliphatic rings. The van der Waals surface area contributed by atoms with Crippen molar-refractivity contribution in [1.82, 2.24) is 20.4 Å². The highest BCUT2D eigenvalue weighted by atomic mass is 35.5. The van der Waals surface area contributed by atoms with E-state index in [4.69, 9.17) is 16.0 Å². The maximum absolute atomic E-state index is 12.4. The van der Waals surface area contributed by atoms with Crippen LogP contribution < -0.4 is 16.4 Å². The van der Waals surface area contributed by atoms with Gasteiger partial charge < -0.3 is 8.98 Å². The van der Waals surface area contributed by atoms with E-state index < -0.39 is 17.4 Å². The van der Waals surface area contributed by atoms with E-state index in [1.54, 1.807) is 18.2 Å². The van der Waals surface area contributed by atoms with Crippen LogP contribution in [0, 0.1) is 6.92 Å². The molecule has 0 atom stereocenters. The van der Waals surface area contributed by atoms with Crippen LogP contribution in [0.4, 0.5) is 0 Å². The van der Waals surface area contributed by atoms with Crippen LogP contribution in [-0.4, -0.2) is 21.4 Å². The van der Waals surface area contributed by atoms with Crippen molar-refractivity contribution in [2.24, 2.45) is 7.05 Å². The number of carbonyl (C=O) groups excluding carboxylic acids is 2. The van der Waals surface area contributed by atoms with Gasteiger partial charge in [-0.3, -0.25) is 25.2 Å². The van der Waals surface area contributed by atoms with Gasteiger partial charge in [-0.1, -0.05) is 23.7 Å². The van der Waals surface area contributed by atoms with E-state index >= 15 is 0 Å². The summed E-state index contributed by atoms with van der Waals surface area (Å²) in [5.41, 5.74) is 4.37. The van der Waals surface area contributed by atoms with Crippen LogP contribution in [0.1, 0.15) is 26.5 Å². The molecule has 0 saturated heterocycles. The summed E-state index contributed by atoms with van der Waals surface area (Å²) in [6.45, 7) is 1.53. The smallest absolute Gasteiger partial charge is 0.274 e. The average Bonchev–Trinajstić information content (AvgIpc) is 2.93. The van der Waals surface area contributed by atoms with Crippen LogP contribution in [0.2, 0.25) is 5.02 Å². The largest absolute Gasteiger partial charge is 0.442 e. The Hall–Kier alpha value is -3.13. The molecule has 8 nitrogen and oxygen atoms in total. The third-order valence-electron chi connectivity index (χ3n) is 3.58. The van der Waals surface area contributed by atoms with E-state index in [1.165, 1.54) is 30.9 Å². The molecule has 1 aromatic carbocycles. The molecule has 0 radical (unpaired) electrons. The molecule has 2 heterocycles. The van der Waals surface area contributed by atoms with Gasteiger partial charge in [-0.05, 0) is 19.1 Å². The van der Waals surface area contributed by atoms with E-state index in [1.807, 2.05) is 0 Å². The van der Waals surface area contributed by atoms with Crippen molar-refractivity contribution in [1.29, 1.82) is 0 Å². The Kier molecular flexibility index (Phi) is 4.28. The third kappa shape index (κ3) is 2.99. The number of aryl methyl sites for hydroxylation is 2. The molecule has 0 spiro atoms. The minimum Gasteiger partial charge on any atom is -0.442 e. The highest BCUT2D eigenvalue weighted by Gasteiger charge is 2.23. The van der Waals surface area contributed by atoms with Gasteiger partial charge in [0.2, 0.25) is 5.71 Å². The van der Waals surface area contributed by atoms with Crippen molar-refractivity contribution in [2.45, 2.75) is 6.92 Å². The average molecular weight is 361 g/mol. The van der Waals surface area contributed by atoms with Crippen LogP contribution in [0.3, 0.4) is 0 Å². The number of furan rings is 1. The van der Waals surface area contributed by atoms with Crippen molar-refractivity contribution in [3.8, 4) is 0 Å². The Morgan fingerprint density at radius 3 is 2.60 bits per heavy atom. The summed E-state index contributed by atoms with van der Waals surface area (Å²) in [4.78, 5) is 40.7. The summed E-state index contributed by atoms with van der Waals surface area (Å²) in [6, 6.07) is 6.40. The topological polar surface area (TPSA) is 106 Å². The van der Waals surface area contributed by atoms with E-state index in [0.29, 0.717) is 0 Å². The van der Waals surface area contributed by atoms with Crippen LogP contribution >= 0.6 is 11.6 Å². The van der Waals surface area contributed by atoms with Crippen LogP contribution in [0.5, 0.6) is 0 Å². The Morgan fingerprint density at radius 1 is 1.20 bits per heavy atom. The van der Waals surface area contributed by atoms with Crippen molar-refractivity contribution < 1.29 is 14.0 Å². The SMILES string of the molecule is Cc1oc2ncn(C)c(=O)c2c1C(=O)NNC(=O)c1ccccc1Cl. The lowest BCUT2D eigenvalue weighted by Crippen LogP contribution is -2.42. The molecule has 0 fully saturated rings. The molecule has 2 amide bonds. The van der Waals surface area contributed by atoms with Gasteiger partial charge in [-0.15, -0.1) is 0 Å². The molecule has 0 bridgehead atoms. The second-order valence-electron chi connectivity index (χ2n) is 5.26. The number of nitrogens with zero attached hydrogens (tertiary/aromatic N) is 2. The molecule has 128 valence electrons. The lowest BCUT2D eigenvalue weighted by atomic mass is 10.2. The predicted octanol–water partition coefficient (Wildman–Crippen LogP) is 1.56. The maximum atomic E-state index is 12.4. The molecule has 9 heteroatoms. The highest BCUT2D eigenvalue weighted by molar-refractivity contribution is 6.33. The molecule has 3 aromatic rings. The molecule has 0 saturated carbocycles. The molecule has 0 aliphatic carbocycles. The number of hydrazine groups is 1. The Balaban J connectivity index is 1.87. The number of benzene rings is 1. The van der Waals surface area contributed by atoms with E-state index in [9.17, 15) is 14.4 Å². The van der Waals surface area contributed by atoms with Gasteiger partial charge in [-0.2, -0.15) is 0 Å². The molecule has 0 aliphatic heterocycles. The van der Waals surface area contributed by atoms with Crippen molar-refractivity contribution in [2.75, 3.05) is 0 Å². The molecule has 0 unspecified atom stereocenters. The molecular formula is C16H13ClN4O4. The lowest BCUT2D eigenvalue weighted by Gasteiger charge is -2.08. The molecule has 2 aromatic heterocycles. The number of aromatic nitrogens is 2. The third-order valence-corrected chi connectivity index (χ3v) is 3.91. The van der Waals surface area contributed by atoms with Gasteiger partial charge in [-0.25, -0.2) is 4.98 Å². The standard InChI is InChI=1S/C16H13ClN4O4/c1-8-11(12-15(25-8)18-7-21(2)16(12)24)14(23)20-19-13(22)9-5-3-4-6-10(9)17/h3-7H,1-2H3,(H,19,22)(H,20,23). The predicted molar refractivity (Wildman–Crippen MR) is 90.4 cm³/mol. The summed E-state index contributed by atoms with van der Waals surface area (Å²) in [7, 11) is 1.51. The fourth-order valence-electron chi connectivity index (χ4n) is 2.35. The van der Waals surface area contributed by atoms with E-state index in [0.717, 1.165) is 0 Å². The summed E-state index contributed by atoms with van der Waals surface area (Å²) in [5.74, 6) is -1.06. The first kappa shape index (κ1) is 16.7. The van der Waals surface area contributed by atoms with Gasteiger partial charge >= 0.3 is 0 Å². The number of nitrogens with one attached hydrogen (secondary N) is 2. The number of halogens is 1. The minimum atomic E-state index is -0.693. The number of amides is 2. The number of fused-ring (bicyclic) bond motifs is 1. The van der Waals surface area contributed by atoms with Crippen LogP contribution in [0.15, 0.2) is 39.8 Å². The zero-order valence-corrected chi connectivity index (χ0v) is 14.0. The highest BCUT2D eigenvalue weighted by Crippen LogP contribution is 2.20. The number of carbonyl (C=O) groups is 2. The van der Waals surface area contributed by atoms with Gasteiger partial charge in [0.15, 0.2) is 0 Å². The zero-order valence-electron chi connectivity index (χ0n) is 13.3. The summed E-state index contributed by atoms with van der Waals surface area (Å²) < 4.78 is 6.58. The van der Waals surface area contributed by atoms with Gasteiger partial charge in [0, 0.05) is 7.05 Å². The van der Waals surface area contributed by atoms with Gasteiger partial charge in [0.05, 0.1) is 16.1 Å². The molecule has 25 heavy (non-hydrogen) atoms. The number of rotatable bonds is 2. The number of hydrogen-bond acceptors (Lipinski definition) is 5. The minimum absolute atomic E-state index is 0.0168. The second kappa shape index (κ2) is 6.40. The molecule has 3 rings (SSSR count). The fourth-order valence-corrected chi connectivity index (χ4v) is 2.57. The van der Waals surface area contributed by atoms with Crippen molar-refractivity contribution in [3.63, 3.8) is 0 Å². The quantitative estimate of drug-likeness (QED) is 0.674. The number of hydrogen-bond donors (Lipinski definition) is 2. The molecule has 2 N–H and O–H groups in total. The first-order chi connectivity index (χ1) is 11.9. The van der Waals surface area contributed by atoms with Crippen LogP contribution in [0.25, 0.3) is 11.1 Å². The fraction of sp³-hybridized carbons (Fsp3) is 0.125. The summed E-state index contributed by atoms with van der Waals surface area (Å²) in [6.07, 6.45) is 1.30. The Bertz CT molecular complexity index is 1050. The maximum Gasteiger partial charge on any atom is 0.274 e. The first-order valence-corrected chi connectivity index (χ1v) is 7.58. The first-order valence-electron chi connectivity index (χ1n) is 7.20. The monoisotopic (exact) mass is 360 g/mol. The summed E-state index contributed by atoms with van der Waals surface area (Å²) in [5, 5.41) is 0.296. The Morgan fingerprint density at radius 2 is 1.88 bits per heavy atom. The van der Waals surface area contributed by atoms with Gasteiger partial charge in [0.25, 0.3) is 17.4 Å². The second-order valence-corrected chi connectivity index (χ2v) is 5.67. The van der Waals surface area contributed by atoms with Gasteiger partial charge in [0.1, 0.15) is 17.5 Å². The van der Waals surface area contributed by atoms with Crippen molar-refractivity contribution >= 4 is 34.5 Å². The normalized spacial score (nSPS) is 10.7. The van der Waals surface area contributed by atoms with Crippen molar-refractivity contribution in [3.05, 3.63) is 62.9 Å².